The van der Waals surface area contributed by atoms with Crippen LogP contribution >= 0.6 is 0 Å². The van der Waals surface area contributed by atoms with Crippen LogP contribution in [0.5, 0.6) is 0 Å². The molecule has 0 unspecified atom stereocenters. The van der Waals surface area contributed by atoms with Crippen LogP contribution in [0.25, 0.3) is 11.1 Å². The summed E-state index contributed by atoms with van der Waals surface area (Å²) in [5, 5.41) is 4.36. The van der Waals surface area contributed by atoms with Gasteiger partial charge >= 0.3 is 0 Å². The van der Waals surface area contributed by atoms with Crippen molar-refractivity contribution in [2.24, 2.45) is 0 Å². The lowest BCUT2D eigenvalue weighted by atomic mass is 10.1. The molecular weight excluding hydrogens is 188 g/mol. The minimum absolute atomic E-state index is 0.561. The lowest BCUT2D eigenvalue weighted by Crippen LogP contribution is -1.93. The molecule has 76 valence electrons. The molecule has 0 aliphatic carbocycles. The number of fused-ring (bicyclic) bond motifs is 1. The third-order valence-corrected chi connectivity index (χ3v) is 2.82. The number of nitrogens with two attached hydrogens (primary N) is 1. The summed E-state index contributed by atoms with van der Waals surface area (Å²) in [6.45, 7) is 1.04. The molecule has 2 aromatic heterocycles. The Bertz CT molecular complexity index is 501. The van der Waals surface area contributed by atoms with Crippen LogP contribution in [0, 0.1) is 0 Å². The van der Waals surface area contributed by atoms with E-state index in [2.05, 4.69) is 14.8 Å². The molecule has 1 aliphatic heterocycles. The van der Waals surface area contributed by atoms with E-state index in [4.69, 9.17) is 5.73 Å². The van der Waals surface area contributed by atoms with Gasteiger partial charge in [-0.3, -0.25) is 4.68 Å². The SMILES string of the molecule is Nc1cc(-c2cnn3c2CCC3)ccn1. The van der Waals surface area contributed by atoms with E-state index in [0.29, 0.717) is 5.82 Å². The normalized spacial score (nSPS) is 14.1. The molecule has 2 N–H and O–H groups in total. The second-order valence-electron chi connectivity index (χ2n) is 3.80. The Morgan fingerprint density at radius 3 is 3.20 bits per heavy atom. The van der Waals surface area contributed by atoms with Crippen molar-refractivity contribution >= 4 is 5.82 Å². The maximum absolute atomic E-state index is 5.67. The van der Waals surface area contributed by atoms with Gasteiger partial charge in [0.15, 0.2) is 0 Å². The lowest BCUT2D eigenvalue weighted by molar-refractivity contribution is 0.656. The van der Waals surface area contributed by atoms with Crippen LogP contribution in [0.2, 0.25) is 0 Å². The highest BCUT2D eigenvalue weighted by atomic mass is 15.3. The number of aryl methyl sites for hydroxylation is 1. The lowest BCUT2D eigenvalue weighted by Gasteiger charge is -2.01. The van der Waals surface area contributed by atoms with Crippen LogP contribution in [0.3, 0.4) is 0 Å². The van der Waals surface area contributed by atoms with Crippen molar-refractivity contribution in [2.45, 2.75) is 19.4 Å². The minimum atomic E-state index is 0.561. The van der Waals surface area contributed by atoms with Crippen molar-refractivity contribution in [2.75, 3.05) is 5.73 Å². The van der Waals surface area contributed by atoms with Crippen LogP contribution in [0.4, 0.5) is 5.82 Å². The monoisotopic (exact) mass is 200 g/mol. The van der Waals surface area contributed by atoms with E-state index in [-0.39, 0.29) is 0 Å². The first-order valence-corrected chi connectivity index (χ1v) is 5.11. The zero-order valence-electron chi connectivity index (χ0n) is 8.35. The standard InChI is InChI=1S/C11H12N4/c12-11-6-8(3-4-13-11)9-7-14-15-5-1-2-10(9)15/h3-4,6-7H,1-2,5H2,(H2,12,13). The molecule has 15 heavy (non-hydrogen) atoms. The molecule has 0 bridgehead atoms. The minimum Gasteiger partial charge on any atom is -0.384 e. The number of rotatable bonds is 1. The topological polar surface area (TPSA) is 56.7 Å². The van der Waals surface area contributed by atoms with E-state index in [1.165, 1.54) is 17.7 Å². The number of hydrogen-bond donors (Lipinski definition) is 1. The van der Waals surface area contributed by atoms with Gasteiger partial charge in [0.05, 0.1) is 6.20 Å². The quantitative estimate of drug-likeness (QED) is 0.758. The van der Waals surface area contributed by atoms with Crippen LogP contribution in [0.1, 0.15) is 12.1 Å². The number of nitrogen functional groups attached to an aromatic ring is 1. The van der Waals surface area contributed by atoms with Gasteiger partial charge in [-0.05, 0) is 30.5 Å². The Hall–Kier alpha value is -1.84. The van der Waals surface area contributed by atoms with Gasteiger partial charge in [-0.15, -0.1) is 0 Å². The molecule has 3 heterocycles. The Balaban J connectivity index is 2.13. The van der Waals surface area contributed by atoms with E-state index in [0.717, 1.165) is 18.5 Å². The summed E-state index contributed by atoms with van der Waals surface area (Å²) in [7, 11) is 0. The summed E-state index contributed by atoms with van der Waals surface area (Å²) in [4.78, 5) is 3.99. The second-order valence-corrected chi connectivity index (χ2v) is 3.80. The number of pyridine rings is 1. The highest BCUT2D eigenvalue weighted by Gasteiger charge is 2.17. The van der Waals surface area contributed by atoms with Crippen LogP contribution in [-0.4, -0.2) is 14.8 Å². The number of nitrogens with zero attached hydrogens (tertiary/aromatic N) is 3. The van der Waals surface area contributed by atoms with Gasteiger partial charge in [0.25, 0.3) is 0 Å². The van der Waals surface area contributed by atoms with Crippen LogP contribution in [0.15, 0.2) is 24.5 Å². The third kappa shape index (κ3) is 1.29. The summed E-state index contributed by atoms with van der Waals surface area (Å²) in [5.74, 6) is 0.561. The fourth-order valence-electron chi connectivity index (χ4n) is 2.12. The highest BCUT2D eigenvalue weighted by Crippen LogP contribution is 2.28. The largest absolute Gasteiger partial charge is 0.384 e. The van der Waals surface area contributed by atoms with Gasteiger partial charge in [-0.2, -0.15) is 5.10 Å². The summed E-state index contributed by atoms with van der Waals surface area (Å²) in [6.07, 6.45) is 5.96. The first kappa shape index (κ1) is 8.47. The Morgan fingerprint density at radius 2 is 2.33 bits per heavy atom. The molecule has 3 rings (SSSR count). The average Bonchev–Trinajstić information content (AvgIpc) is 2.77. The molecule has 4 heteroatoms. The van der Waals surface area contributed by atoms with Crippen molar-refractivity contribution in [1.29, 1.82) is 0 Å². The predicted molar refractivity (Wildman–Crippen MR) is 58.2 cm³/mol. The molecule has 0 fully saturated rings. The smallest absolute Gasteiger partial charge is 0.123 e. The zero-order chi connectivity index (χ0) is 10.3. The number of anilines is 1. The molecule has 0 saturated carbocycles. The van der Waals surface area contributed by atoms with Crippen LogP contribution < -0.4 is 5.73 Å². The Kier molecular flexibility index (Phi) is 1.74. The van der Waals surface area contributed by atoms with Gasteiger partial charge in [0.2, 0.25) is 0 Å². The van der Waals surface area contributed by atoms with E-state index in [1.54, 1.807) is 6.20 Å². The number of aromatic nitrogens is 3. The molecule has 0 spiro atoms. The third-order valence-electron chi connectivity index (χ3n) is 2.82. The van der Waals surface area contributed by atoms with E-state index in [9.17, 15) is 0 Å². The average molecular weight is 200 g/mol. The van der Waals surface area contributed by atoms with E-state index < -0.39 is 0 Å². The van der Waals surface area contributed by atoms with Crippen molar-refractivity contribution < 1.29 is 0 Å². The predicted octanol–water partition coefficient (Wildman–Crippen LogP) is 1.47. The molecule has 0 amide bonds. The summed E-state index contributed by atoms with van der Waals surface area (Å²) in [5.41, 5.74) is 9.30. The summed E-state index contributed by atoms with van der Waals surface area (Å²) >= 11 is 0. The maximum atomic E-state index is 5.67. The van der Waals surface area contributed by atoms with Gasteiger partial charge in [0.1, 0.15) is 5.82 Å². The molecule has 4 nitrogen and oxygen atoms in total. The van der Waals surface area contributed by atoms with E-state index >= 15 is 0 Å². The van der Waals surface area contributed by atoms with Crippen molar-refractivity contribution in [3.8, 4) is 11.1 Å². The van der Waals surface area contributed by atoms with Crippen molar-refractivity contribution in [1.82, 2.24) is 14.8 Å². The van der Waals surface area contributed by atoms with Gasteiger partial charge in [0, 0.05) is 24.0 Å². The Morgan fingerprint density at radius 1 is 1.40 bits per heavy atom. The van der Waals surface area contributed by atoms with E-state index in [1.807, 2.05) is 18.3 Å². The molecule has 0 aromatic carbocycles. The first-order chi connectivity index (χ1) is 7.34. The molecule has 1 aliphatic rings. The molecule has 0 saturated heterocycles. The fraction of sp³-hybridized carbons (Fsp3) is 0.273. The zero-order valence-corrected chi connectivity index (χ0v) is 8.35. The van der Waals surface area contributed by atoms with Crippen molar-refractivity contribution in [3.63, 3.8) is 0 Å². The maximum Gasteiger partial charge on any atom is 0.123 e. The molecule has 2 aromatic rings. The van der Waals surface area contributed by atoms with Gasteiger partial charge < -0.3 is 5.73 Å². The fourth-order valence-corrected chi connectivity index (χ4v) is 2.12. The molecule has 0 atom stereocenters. The second kappa shape index (κ2) is 3.08. The highest BCUT2D eigenvalue weighted by molar-refractivity contribution is 5.67. The van der Waals surface area contributed by atoms with Crippen molar-refractivity contribution in [3.05, 3.63) is 30.2 Å². The molecular formula is C11H12N4. The molecule has 0 radical (unpaired) electrons. The number of hydrogen-bond acceptors (Lipinski definition) is 3. The first-order valence-electron chi connectivity index (χ1n) is 5.11. The Labute approximate surface area is 87.7 Å². The van der Waals surface area contributed by atoms with Crippen LogP contribution in [-0.2, 0) is 13.0 Å². The van der Waals surface area contributed by atoms with Gasteiger partial charge in [-0.25, -0.2) is 4.98 Å². The van der Waals surface area contributed by atoms with Gasteiger partial charge in [-0.1, -0.05) is 0 Å². The summed E-state index contributed by atoms with van der Waals surface area (Å²) < 4.78 is 2.08. The summed E-state index contributed by atoms with van der Waals surface area (Å²) in [6, 6.07) is 3.88.